The van der Waals surface area contributed by atoms with E-state index in [0.717, 1.165) is 65.6 Å². The van der Waals surface area contributed by atoms with Crippen molar-refractivity contribution in [2.24, 2.45) is 0 Å². The molecule has 0 amide bonds. The molecule has 2 saturated heterocycles. The number of hydrogen-bond acceptors (Lipinski definition) is 5. The van der Waals surface area contributed by atoms with Gasteiger partial charge in [-0.15, -0.1) is 0 Å². The zero-order chi connectivity index (χ0) is 12.3. The summed E-state index contributed by atoms with van der Waals surface area (Å²) in [5.41, 5.74) is 3.48. The van der Waals surface area contributed by atoms with Crippen molar-refractivity contribution in [3.8, 4) is 0 Å². The van der Waals surface area contributed by atoms with Crippen LogP contribution in [0.25, 0.3) is 0 Å². The van der Waals surface area contributed by atoms with Gasteiger partial charge in [0.1, 0.15) is 0 Å². The van der Waals surface area contributed by atoms with E-state index in [1.165, 1.54) is 0 Å². The Morgan fingerprint density at radius 2 is 1.71 bits per heavy atom. The second-order valence-corrected chi connectivity index (χ2v) is 4.10. The minimum absolute atomic E-state index is 0.896. The molecule has 0 aliphatic carbocycles. The summed E-state index contributed by atoms with van der Waals surface area (Å²) in [4.78, 5) is 2.46. The van der Waals surface area contributed by atoms with Crippen molar-refractivity contribution in [1.29, 1.82) is 0 Å². The molecule has 0 aromatic carbocycles. The Labute approximate surface area is 105 Å². The predicted molar refractivity (Wildman–Crippen MR) is 71.1 cm³/mol. The molecule has 0 unspecified atom stereocenters. The highest BCUT2D eigenvalue weighted by Gasteiger charge is 2.11. The normalized spacial score (nSPS) is 22.9. The van der Waals surface area contributed by atoms with Gasteiger partial charge in [-0.05, 0) is 0 Å². The van der Waals surface area contributed by atoms with Gasteiger partial charge in [0.05, 0.1) is 13.2 Å². The van der Waals surface area contributed by atoms with Crippen LogP contribution >= 0.6 is 0 Å². The monoisotopic (exact) mass is 244 g/mol. The van der Waals surface area contributed by atoms with Crippen molar-refractivity contribution < 1.29 is 4.74 Å². The molecule has 2 heterocycles. The zero-order valence-corrected chi connectivity index (χ0v) is 11.4. The topological polar surface area (TPSA) is 39.8 Å². The molecule has 102 valence electrons. The number of ether oxygens (including phenoxy) is 1. The molecule has 2 aliphatic heterocycles. The van der Waals surface area contributed by atoms with Gasteiger partial charge in [-0.2, -0.15) is 0 Å². The fourth-order valence-corrected chi connectivity index (χ4v) is 2.01. The van der Waals surface area contributed by atoms with E-state index < -0.39 is 0 Å². The van der Waals surface area contributed by atoms with Gasteiger partial charge in [0.15, 0.2) is 0 Å². The van der Waals surface area contributed by atoms with Gasteiger partial charge >= 0.3 is 0 Å². The zero-order valence-electron chi connectivity index (χ0n) is 11.4. The third kappa shape index (κ3) is 6.33. The smallest absolute Gasteiger partial charge is 0.0594 e. The highest BCUT2D eigenvalue weighted by atomic mass is 16.5. The van der Waals surface area contributed by atoms with E-state index in [2.05, 4.69) is 20.7 Å². The van der Waals surface area contributed by atoms with Crippen LogP contribution in [0.2, 0.25) is 0 Å². The molecule has 0 spiro atoms. The number of rotatable bonds is 4. The van der Waals surface area contributed by atoms with E-state index in [-0.39, 0.29) is 0 Å². The largest absolute Gasteiger partial charge is 0.379 e. The summed E-state index contributed by atoms with van der Waals surface area (Å²) in [5.74, 6) is 0. The average molecular weight is 244 g/mol. The Morgan fingerprint density at radius 1 is 1.06 bits per heavy atom. The molecule has 0 aromatic heterocycles. The van der Waals surface area contributed by atoms with E-state index in [4.69, 9.17) is 4.74 Å². The van der Waals surface area contributed by atoms with Gasteiger partial charge in [0.25, 0.3) is 0 Å². The Balaban J connectivity index is 0.000000686. The van der Waals surface area contributed by atoms with Crippen LogP contribution in [-0.2, 0) is 4.74 Å². The van der Waals surface area contributed by atoms with Gasteiger partial charge in [0.2, 0.25) is 0 Å². The standard InChI is InChI=1S/C10H22N4O.C2H6/c1-5-14(6-2-11-1)12-3-4-13-7-9-15-10-8-13;1-2/h11-12H,1-10H2;1-2H3. The van der Waals surface area contributed by atoms with E-state index in [9.17, 15) is 0 Å². The number of nitrogens with zero attached hydrogens (tertiary/aromatic N) is 2. The molecule has 0 radical (unpaired) electrons. The first-order valence-electron chi connectivity index (χ1n) is 6.94. The van der Waals surface area contributed by atoms with E-state index in [0.29, 0.717) is 0 Å². The molecule has 0 bridgehead atoms. The summed E-state index contributed by atoms with van der Waals surface area (Å²) in [6, 6.07) is 0. The number of hydrogen-bond donors (Lipinski definition) is 2. The molecule has 5 heteroatoms. The first-order chi connectivity index (χ1) is 8.45. The predicted octanol–water partition coefficient (Wildman–Crippen LogP) is -0.245. The number of hydrazine groups is 1. The summed E-state index contributed by atoms with van der Waals surface area (Å²) in [5, 5.41) is 5.66. The maximum atomic E-state index is 5.32. The lowest BCUT2D eigenvalue weighted by molar-refractivity contribution is 0.0346. The van der Waals surface area contributed by atoms with Gasteiger partial charge < -0.3 is 10.1 Å². The fraction of sp³-hybridized carbons (Fsp3) is 1.00. The maximum Gasteiger partial charge on any atom is 0.0594 e. The molecule has 2 fully saturated rings. The van der Waals surface area contributed by atoms with E-state index in [1.807, 2.05) is 13.8 Å². The first-order valence-corrected chi connectivity index (χ1v) is 6.94. The third-order valence-electron chi connectivity index (χ3n) is 2.98. The van der Waals surface area contributed by atoms with Crippen molar-refractivity contribution in [3.63, 3.8) is 0 Å². The Morgan fingerprint density at radius 3 is 2.35 bits per heavy atom. The van der Waals surface area contributed by atoms with Gasteiger partial charge in [-0.25, -0.2) is 5.01 Å². The number of morpholine rings is 1. The van der Waals surface area contributed by atoms with Crippen LogP contribution in [0.3, 0.4) is 0 Å². The highest BCUT2D eigenvalue weighted by molar-refractivity contribution is 4.66. The summed E-state index contributed by atoms with van der Waals surface area (Å²) < 4.78 is 5.32. The van der Waals surface area contributed by atoms with Crippen molar-refractivity contribution in [1.82, 2.24) is 20.7 Å². The van der Waals surface area contributed by atoms with Crippen molar-refractivity contribution >= 4 is 0 Å². The molecule has 0 saturated carbocycles. The van der Waals surface area contributed by atoms with Crippen LogP contribution < -0.4 is 10.7 Å². The molecule has 17 heavy (non-hydrogen) atoms. The number of nitrogens with one attached hydrogen (secondary N) is 2. The molecule has 5 nitrogen and oxygen atoms in total. The summed E-state index contributed by atoms with van der Waals surface area (Å²) in [6.45, 7) is 14.6. The summed E-state index contributed by atoms with van der Waals surface area (Å²) in [7, 11) is 0. The third-order valence-corrected chi connectivity index (χ3v) is 2.98. The average Bonchev–Trinajstić information content (AvgIpc) is 2.43. The Kier molecular flexibility index (Phi) is 8.56. The molecule has 2 N–H and O–H groups in total. The van der Waals surface area contributed by atoms with Gasteiger partial charge in [-0.3, -0.25) is 10.3 Å². The van der Waals surface area contributed by atoms with Crippen LogP contribution in [0, 0.1) is 0 Å². The first kappa shape index (κ1) is 14.9. The van der Waals surface area contributed by atoms with E-state index in [1.54, 1.807) is 0 Å². The summed E-state index contributed by atoms with van der Waals surface area (Å²) >= 11 is 0. The van der Waals surface area contributed by atoms with Crippen LogP contribution in [0.4, 0.5) is 0 Å². The minimum atomic E-state index is 0.896. The Bertz CT molecular complexity index is 150. The molecule has 0 atom stereocenters. The maximum absolute atomic E-state index is 5.32. The fourth-order valence-electron chi connectivity index (χ4n) is 2.01. The molecular formula is C12H28N4O. The van der Waals surface area contributed by atoms with Crippen molar-refractivity contribution in [2.45, 2.75) is 13.8 Å². The lowest BCUT2D eigenvalue weighted by atomic mass is 10.4. The highest BCUT2D eigenvalue weighted by Crippen LogP contribution is 1.95. The lowest BCUT2D eigenvalue weighted by Crippen LogP contribution is -2.52. The van der Waals surface area contributed by atoms with Gasteiger partial charge in [-0.1, -0.05) is 13.8 Å². The van der Waals surface area contributed by atoms with Gasteiger partial charge in [0, 0.05) is 52.4 Å². The SMILES string of the molecule is C1CN(NCCN2CCOCC2)CCN1.CC. The minimum Gasteiger partial charge on any atom is -0.379 e. The lowest BCUT2D eigenvalue weighted by Gasteiger charge is -2.30. The van der Waals surface area contributed by atoms with Crippen LogP contribution in [0.15, 0.2) is 0 Å². The van der Waals surface area contributed by atoms with Crippen molar-refractivity contribution in [2.75, 3.05) is 65.6 Å². The van der Waals surface area contributed by atoms with E-state index >= 15 is 0 Å². The second kappa shape index (κ2) is 9.79. The molecular weight excluding hydrogens is 216 g/mol. The van der Waals surface area contributed by atoms with Crippen LogP contribution in [-0.4, -0.2) is 75.5 Å². The molecule has 2 rings (SSSR count). The molecule has 2 aliphatic rings. The van der Waals surface area contributed by atoms with Crippen molar-refractivity contribution in [3.05, 3.63) is 0 Å². The second-order valence-electron chi connectivity index (χ2n) is 4.10. The van der Waals surface area contributed by atoms with Crippen LogP contribution in [0.5, 0.6) is 0 Å². The summed E-state index contributed by atoms with van der Waals surface area (Å²) in [6.07, 6.45) is 0. The number of piperazine rings is 1. The Hall–Kier alpha value is -0.200. The van der Waals surface area contributed by atoms with Crippen LogP contribution in [0.1, 0.15) is 13.8 Å². The quantitative estimate of drug-likeness (QED) is 0.714. The molecule has 0 aromatic rings.